The van der Waals surface area contributed by atoms with Crippen molar-refractivity contribution in [1.29, 1.82) is 0 Å². The summed E-state index contributed by atoms with van der Waals surface area (Å²) in [5.41, 5.74) is 1.28. The Kier molecular flexibility index (Phi) is 3.99. The van der Waals surface area contributed by atoms with Crippen molar-refractivity contribution < 1.29 is 4.74 Å². The summed E-state index contributed by atoms with van der Waals surface area (Å²) in [5, 5.41) is 3.52. The highest BCUT2D eigenvalue weighted by atomic mass is 16.5. The lowest BCUT2D eigenvalue weighted by Crippen LogP contribution is -2.37. The smallest absolute Gasteiger partial charge is 0.128 e. The first kappa shape index (κ1) is 12.9. The summed E-state index contributed by atoms with van der Waals surface area (Å²) in [7, 11) is 1.81. The number of nitrogens with zero attached hydrogens (tertiary/aromatic N) is 2. The molecule has 1 aromatic rings. The minimum Gasteiger partial charge on any atom is -0.381 e. The lowest BCUT2D eigenvalue weighted by Gasteiger charge is -2.32. The predicted octanol–water partition coefficient (Wildman–Crippen LogP) is 1.95. The molecule has 2 heterocycles. The third-order valence-electron chi connectivity index (χ3n) is 4.08. The van der Waals surface area contributed by atoms with Crippen LogP contribution in [-0.4, -0.2) is 37.3 Å². The number of methoxy groups -OCH3 is 1. The summed E-state index contributed by atoms with van der Waals surface area (Å²) in [6.07, 6.45) is 7.30. The first-order valence-corrected chi connectivity index (χ1v) is 7.31. The predicted molar refractivity (Wildman–Crippen MR) is 76.3 cm³/mol. The van der Waals surface area contributed by atoms with E-state index in [1.807, 2.05) is 6.20 Å². The van der Waals surface area contributed by atoms with E-state index in [4.69, 9.17) is 4.74 Å². The topological polar surface area (TPSA) is 37.4 Å². The minimum atomic E-state index is 0.429. The monoisotopic (exact) mass is 261 g/mol. The van der Waals surface area contributed by atoms with E-state index in [2.05, 4.69) is 27.3 Å². The molecule has 2 aliphatic rings. The third kappa shape index (κ3) is 3.45. The molecule has 104 valence electrons. The van der Waals surface area contributed by atoms with Crippen LogP contribution in [0.1, 0.15) is 31.2 Å². The second-order valence-electron chi connectivity index (χ2n) is 5.60. The molecule has 0 atom stereocenters. The van der Waals surface area contributed by atoms with Gasteiger partial charge in [-0.1, -0.05) is 6.07 Å². The highest BCUT2D eigenvalue weighted by Crippen LogP contribution is 2.21. The Hall–Kier alpha value is -1.13. The van der Waals surface area contributed by atoms with E-state index in [0.717, 1.165) is 44.3 Å². The van der Waals surface area contributed by atoms with Crippen molar-refractivity contribution in [2.75, 3.05) is 25.1 Å². The molecule has 0 unspecified atom stereocenters. The fourth-order valence-corrected chi connectivity index (χ4v) is 2.58. The molecule has 0 amide bonds. The summed E-state index contributed by atoms with van der Waals surface area (Å²) in [6, 6.07) is 5.10. The molecule has 2 fully saturated rings. The largest absolute Gasteiger partial charge is 0.381 e. The van der Waals surface area contributed by atoms with Gasteiger partial charge in [0.05, 0.1) is 6.10 Å². The van der Waals surface area contributed by atoms with Crippen molar-refractivity contribution in [3.05, 3.63) is 23.9 Å². The standard InChI is InChI=1S/C15H23N3O/c1-19-14-6-8-18(9-7-14)15-5-2-12(11-17-15)10-16-13-3-4-13/h2,5,11,13-14,16H,3-4,6-10H2,1H3. The molecule has 0 radical (unpaired) electrons. The summed E-state index contributed by atoms with van der Waals surface area (Å²) in [4.78, 5) is 6.95. The van der Waals surface area contributed by atoms with E-state index in [1.165, 1.54) is 18.4 Å². The second-order valence-corrected chi connectivity index (χ2v) is 5.60. The average Bonchev–Trinajstić information content (AvgIpc) is 3.30. The Morgan fingerprint density at radius 1 is 1.26 bits per heavy atom. The van der Waals surface area contributed by atoms with Gasteiger partial charge in [0.25, 0.3) is 0 Å². The molecule has 4 nitrogen and oxygen atoms in total. The van der Waals surface area contributed by atoms with E-state index in [9.17, 15) is 0 Å². The third-order valence-corrected chi connectivity index (χ3v) is 4.08. The van der Waals surface area contributed by atoms with E-state index in [0.29, 0.717) is 6.10 Å². The van der Waals surface area contributed by atoms with Gasteiger partial charge in [-0.2, -0.15) is 0 Å². The van der Waals surface area contributed by atoms with Gasteiger partial charge in [-0.3, -0.25) is 0 Å². The number of pyridine rings is 1. The van der Waals surface area contributed by atoms with Gasteiger partial charge in [0.2, 0.25) is 0 Å². The van der Waals surface area contributed by atoms with Crippen molar-refractivity contribution in [3.63, 3.8) is 0 Å². The van der Waals surface area contributed by atoms with Crippen LogP contribution < -0.4 is 10.2 Å². The Labute approximate surface area is 115 Å². The number of aromatic nitrogens is 1. The van der Waals surface area contributed by atoms with Crippen molar-refractivity contribution >= 4 is 5.82 Å². The van der Waals surface area contributed by atoms with Gasteiger partial charge < -0.3 is 15.0 Å². The van der Waals surface area contributed by atoms with Gasteiger partial charge in [0, 0.05) is 39.0 Å². The molecule has 1 N–H and O–H groups in total. The van der Waals surface area contributed by atoms with Gasteiger partial charge in [-0.05, 0) is 37.3 Å². The Balaban J connectivity index is 1.53. The molecule has 4 heteroatoms. The molecule has 1 aromatic heterocycles. The van der Waals surface area contributed by atoms with Gasteiger partial charge in [0.15, 0.2) is 0 Å². The number of anilines is 1. The first-order chi connectivity index (χ1) is 9.35. The van der Waals surface area contributed by atoms with Crippen LogP contribution in [0.2, 0.25) is 0 Å². The molecular formula is C15H23N3O. The zero-order valence-corrected chi connectivity index (χ0v) is 11.6. The van der Waals surface area contributed by atoms with E-state index in [1.54, 1.807) is 7.11 Å². The zero-order chi connectivity index (χ0) is 13.1. The molecule has 1 saturated carbocycles. The van der Waals surface area contributed by atoms with Gasteiger partial charge in [-0.15, -0.1) is 0 Å². The van der Waals surface area contributed by atoms with Crippen LogP contribution in [0.3, 0.4) is 0 Å². The Morgan fingerprint density at radius 2 is 2.05 bits per heavy atom. The van der Waals surface area contributed by atoms with E-state index >= 15 is 0 Å². The lowest BCUT2D eigenvalue weighted by atomic mass is 10.1. The molecule has 3 rings (SSSR count). The highest BCUT2D eigenvalue weighted by Gasteiger charge is 2.21. The average molecular weight is 261 g/mol. The second kappa shape index (κ2) is 5.88. The lowest BCUT2D eigenvalue weighted by molar-refractivity contribution is 0.0818. The number of piperidine rings is 1. The summed E-state index contributed by atoms with van der Waals surface area (Å²) >= 11 is 0. The van der Waals surface area contributed by atoms with Crippen LogP contribution in [0.4, 0.5) is 5.82 Å². The zero-order valence-electron chi connectivity index (χ0n) is 11.6. The number of hydrogen-bond acceptors (Lipinski definition) is 4. The molecule has 0 bridgehead atoms. The quantitative estimate of drug-likeness (QED) is 0.879. The van der Waals surface area contributed by atoms with Crippen molar-refractivity contribution in [2.24, 2.45) is 0 Å². The van der Waals surface area contributed by atoms with Crippen molar-refractivity contribution in [1.82, 2.24) is 10.3 Å². The molecular weight excluding hydrogens is 238 g/mol. The van der Waals surface area contributed by atoms with E-state index < -0.39 is 0 Å². The number of nitrogens with one attached hydrogen (secondary N) is 1. The van der Waals surface area contributed by atoms with E-state index in [-0.39, 0.29) is 0 Å². The summed E-state index contributed by atoms with van der Waals surface area (Å²) in [6.45, 7) is 3.04. The molecule has 1 aliphatic heterocycles. The number of ether oxygens (including phenoxy) is 1. The van der Waals surface area contributed by atoms with Gasteiger partial charge >= 0.3 is 0 Å². The van der Waals surface area contributed by atoms with Crippen LogP contribution >= 0.6 is 0 Å². The first-order valence-electron chi connectivity index (χ1n) is 7.31. The molecule has 1 saturated heterocycles. The maximum absolute atomic E-state index is 5.40. The number of rotatable bonds is 5. The molecule has 0 aromatic carbocycles. The highest BCUT2D eigenvalue weighted by molar-refractivity contribution is 5.39. The minimum absolute atomic E-state index is 0.429. The van der Waals surface area contributed by atoms with Crippen molar-refractivity contribution in [3.8, 4) is 0 Å². The maximum Gasteiger partial charge on any atom is 0.128 e. The Morgan fingerprint density at radius 3 is 2.63 bits per heavy atom. The normalized spacial score (nSPS) is 20.8. The SMILES string of the molecule is COC1CCN(c2ccc(CNC3CC3)cn2)CC1. The maximum atomic E-state index is 5.40. The fraction of sp³-hybridized carbons (Fsp3) is 0.667. The van der Waals surface area contributed by atoms with Crippen LogP contribution in [0.25, 0.3) is 0 Å². The van der Waals surface area contributed by atoms with Crippen LogP contribution in [-0.2, 0) is 11.3 Å². The summed E-state index contributed by atoms with van der Waals surface area (Å²) in [5.74, 6) is 1.10. The van der Waals surface area contributed by atoms with Gasteiger partial charge in [0.1, 0.15) is 5.82 Å². The van der Waals surface area contributed by atoms with Crippen molar-refractivity contribution in [2.45, 2.75) is 44.4 Å². The van der Waals surface area contributed by atoms with Gasteiger partial charge in [-0.25, -0.2) is 4.98 Å². The summed E-state index contributed by atoms with van der Waals surface area (Å²) < 4.78 is 5.40. The molecule has 19 heavy (non-hydrogen) atoms. The number of hydrogen-bond donors (Lipinski definition) is 1. The molecule has 1 aliphatic carbocycles. The van der Waals surface area contributed by atoms with Crippen LogP contribution in [0.15, 0.2) is 18.3 Å². The van der Waals surface area contributed by atoms with Crippen LogP contribution in [0.5, 0.6) is 0 Å². The fourth-order valence-electron chi connectivity index (χ4n) is 2.58. The van der Waals surface area contributed by atoms with Crippen LogP contribution in [0, 0.1) is 0 Å². The Bertz CT molecular complexity index is 394. The molecule has 0 spiro atoms.